The van der Waals surface area contributed by atoms with Gasteiger partial charge in [0.1, 0.15) is 29.0 Å². The number of nitrogens with zero attached hydrogens (tertiary/aromatic N) is 2. The molecule has 0 saturated carbocycles. The first kappa shape index (κ1) is 25.6. The van der Waals surface area contributed by atoms with Crippen LogP contribution in [0.1, 0.15) is 12.5 Å². The van der Waals surface area contributed by atoms with Crippen LogP contribution in [0.25, 0.3) is 0 Å². The maximum Gasteiger partial charge on any atom is 0.263 e. The van der Waals surface area contributed by atoms with Gasteiger partial charge in [-0.15, -0.1) is 0 Å². The molecule has 3 rings (SSSR count). The second-order valence-electron chi connectivity index (χ2n) is 7.49. The summed E-state index contributed by atoms with van der Waals surface area (Å²) in [4.78, 5) is 12.8. The van der Waals surface area contributed by atoms with Crippen molar-refractivity contribution >= 4 is 27.8 Å². The monoisotopic (exact) mass is 497 g/mol. The van der Waals surface area contributed by atoms with E-state index in [1.54, 1.807) is 49.6 Å². The van der Waals surface area contributed by atoms with E-state index in [0.717, 1.165) is 10.6 Å². The van der Waals surface area contributed by atoms with Gasteiger partial charge in [-0.2, -0.15) is 5.10 Å². The van der Waals surface area contributed by atoms with Crippen LogP contribution in [0.2, 0.25) is 0 Å². The molecule has 0 unspecified atom stereocenters. The van der Waals surface area contributed by atoms with E-state index in [2.05, 4.69) is 10.5 Å². The van der Waals surface area contributed by atoms with Crippen molar-refractivity contribution in [2.75, 3.05) is 24.8 Å². The number of hydrazone groups is 1. The van der Waals surface area contributed by atoms with Crippen LogP contribution in [0, 0.1) is 0 Å². The first-order chi connectivity index (χ1) is 16.7. The molecule has 1 amide bonds. The second kappa shape index (κ2) is 11.4. The molecule has 0 aromatic heterocycles. The van der Waals surface area contributed by atoms with E-state index in [4.69, 9.17) is 14.2 Å². The Labute approximate surface area is 205 Å². The van der Waals surface area contributed by atoms with Crippen LogP contribution in [0.5, 0.6) is 23.0 Å². The Morgan fingerprint density at radius 2 is 1.57 bits per heavy atom. The molecule has 0 aliphatic rings. The number of hydrogen-bond donors (Lipinski definition) is 1. The summed E-state index contributed by atoms with van der Waals surface area (Å²) in [6.07, 6.45) is 2.44. The summed E-state index contributed by atoms with van der Waals surface area (Å²) >= 11 is 0. The van der Waals surface area contributed by atoms with Crippen molar-refractivity contribution in [2.24, 2.45) is 5.10 Å². The van der Waals surface area contributed by atoms with Gasteiger partial charge in [0, 0.05) is 11.6 Å². The minimum atomic E-state index is -3.78. The average molecular weight is 498 g/mol. The van der Waals surface area contributed by atoms with Crippen LogP contribution < -0.4 is 23.9 Å². The first-order valence-corrected chi connectivity index (χ1v) is 12.4. The van der Waals surface area contributed by atoms with Gasteiger partial charge in [0.25, 0.3) is 5.91 Å². The predicted octanol–water partition coefficient (Wildman–Crippen LogP) is 3.80. The normalized spacial score (nSPS) is 12.1. The molecule has 0 aliphatic carbocycles. The molecule has 0 fully saturated rings. The molecule has 0 spiro atoms. The van der Waals surface area contributed by atoms with Gasteiger partial charge in [-0.05, 0) is 55.5 Å². The minimum absolute atomic E-state index is 0.316. The Balaban J connectivity index is 1.73. The highest BCUT2D eigenvalue weighted by atomic mass is 32.2. The highest BCUT2D eigenvalue weighted by molar-refractivity contribution is 7.92. The van der Waals surface area contributed by atoms with Crippen molar-refractivity contribution in [1.29, 1.82) is 0 Å². The van der Waals surface area contributed by atoms with E-state index >= 15 is 0 Å². The van der Waals surface area contributed by atoms with Crippen LogP contribution >= 0.6 is 0 Å². The van der Waals surface area contributed by atoms with Crippen LogP contribution in [0.4, 0.5) is 5.69 Å². The van der Waals surface area contributed by atoms with E-state index in [1.807, 2.05) is 30.3 Å². The molecule has 0 saturated heterocycles. The summed E-state index contributed by atoms with van der Waals surface area (Å²) < 4.78 is 42.3. The summed E-state index contributed by atoms with van der Waals surface area (Å²) in [7, 11) is -0.734. The van der Waals surface area contributed by atoms with Gasteiger partial charge in [0.2, 0.25) is 10.0 Å². The van der Waals surface area contributed by atoms with Crippen molar-refractivity contribution < 1.29 is 27.4 Å². The van der Waals surface area contributed by atoms with Crippen molar-refractivity contribution in [3.8, 4) is 23.0 Å². The van der Waals surface area contributed by atoms with Crippen molar-refractivity contribution in [3.63, 3.8) is 0 Å². The fraction of sp³-hybridized carbons (Fsp3) is 0.200. The Morgan fingerprint density at radius 3 is 2.17 bits per heavy atom. The molecule has 9 nitrogen and oxygen atoms in total. The number of anilines is 1. The predicted molar refractivity (Wildman–Crippen MR) is 135 cm³/mol. The summed E-state index contributed by atoms with van der Waals surface area (Å²) in [5, 5.41) is 3.96. The largest absolute Gasteiger partial charge is 0.497 e. The summed E-state index contributed by atoms with van der Waals surface area (Å²) in [5.74, 6) is 1.69. The number of carbonyl (C=O) groups is 1. The van der Waals surface area contributed by atoms with Gasteiger partial charge in [0.15, 0.2) is 0 Å². The molecule has 0 heterocycles. The van der Waals surface area contributed by atoms with Gasteiger partial charge in [-0.3, -0.25) is 9.10 Å². The number of rotatable bonds is 10. The number of carbonyl (C=O) groups excluding carboxylic acids is 1. The van der Waals surface area contributed by atoms with Crippen LogP contribution in [0.15, 0.2) is 77.9 Å². The number of amides is 1. The Hall–Kier alpha value is -4.05. The third kappa shape index (κ3) is 6.73. The van der Waals surface area contributed by atoms with Crippen molar-refractivity contribution in [2.45, 2.75) is 13.0 Å². The molecule has 1 atom stereocenters. The number of hydrogen-bond acceptors (Lipinski definition) is 7. The lowest BCUT2D eigenvalue weighted by Crippen LogP contribution is -2.46. The van der Waals surface area contributed by atoms with Crippen molar-refractivity contribution in [3.05, 3.63) is 78.4 Å². The van der Waals surface area contributed by atoms with Gasteiger partial charge >= 0.3 is 0 Å². The molecule has 3 aromatic rings. The van der Waals surface area contributed by atoms with Crippen LogP contribution in [0.3, 0.4) is 0 Å². The number of benzene rings is 3. The minimum Gasteiger partial charge on any atom is -0.497 e. The Morgan fingerprint density at radius 1 is 0.943 bits per heavy atom. The van der Waals surface area contributed by atoms with Crippen LogP contribution in [-0.4, -0.2) is 47.1 Å². The fourth-order valence-corrected chi connectivity index (χ4v) is 4.45. The van der Waals surface area contributed by atoms with Crippen LogP contribution in [-0.2, 0) is 14.8 Å². The molecule has 1 N–H and O–H groups in total. The smallest absolute Gasteiger partial charge is 0.263 e. The standard InChI is InChI=1S/C25H27N3O6S/c1-18(25(29)27-26-17-19-10-13-23(32-2)16-24(19)33-3)28(35(4,30)31)20-11-14-22(15-12-20)34-21-8-6-5-7-9-21/h5-18H,1-4H3,(H,27,29)/b26-17-/t18-/m0/s1. The zero-order valence-corrected chi connectivity index (χ0v) is 20.7. The molecular formula is C25H27N3O6S. The quantitative estimate of drug-likeness (QED) is 0.337. The lowest BCUT2D eigenvalue weighted by atomic mass is 10.2. The lowest BCUT2D eigenvalue weighted by molar-refractivity contribution is -0.121. The van der Waals surface area contributed by atoms with E-state index in [0.29, 0.717) is 34.2 Å². The van der Waals surface area contributed by atoms with Crippen molar-refractivity contribution in [1.82, 2.24) is 5.43 Å². The third-order valence-electron chi connectivity index (χ3n) is 4.98. The molecule has 10 heteroatoms. The van der Waals surface area contributed by atoms with Gasteiger partial charge in [0.05, 0.1) is 32.4 Å². The van der Waals surface area contributed by atoms with Gasteiger partial charge in [-0.25, -0.2) is 13.8 Å². The lowest BCUT2D eigenvalue weighted by Gasteiger charge is -2.27. The summed E-state index contributed by atoms with van der Waals surface area (Å²) in [6, 6.07) is 19.7. The highest BCUT2D eigenvalue weighted by Crippen LogP contribution is 2.27. The first-order valence-electron chi connectivity index (χ1n) is 10.6. The Kier molecular flexibility index (Phi) is 8.32. The summed E-state index contributed by atoms with van der Waals surface area (Å²) in [6.45, 7) is 1.48. The van der Waals surface area contributed by atoms with E-state index in [-0.39, 0.29) is 0 Å². The zero-order chi connectivity index (χ0) is 25.4. The SMILES string of the molecule is COc1ccc(/C=N\NC(=O)[C@H](C)N(c2ccc(Oc3ccccc3)cc2)S(C)(=O)=O)c(OC)c1. The summed E-state index contributed by atoms with van der Waals surface area (Å²) in [5.41, 5.74) is 3.31. The molecule has 3 aromatic carbocycles. The second-order valence-corrected chi connectivity index (χ2v) is 9.35. The van der Waals surface area contributed by atoms with E-state index in [1.165, 1.54) is 20.2 Å². The van der Waals surface area contributed by atoms with E-state index < -0.39 is 22.0 Å². The number of methoxy groups -OCH3 is 2. The third-order valence-corrected chi connectivity index (χ3v) is 6.22. The van der Waals surface area contributed by atoms with Gasteiger partial charge < -0.3 is 14.2 Å². The Bertz CT molecular complexity index is 1280. The highest BCUT2D eigenvalue weighted by Gasteiger charge is 2.29. The molecule has 35 heavy (non-hydrogen) atoms. The number of para-hydroxylation sites is 1. The fourth-order valence-electron chi connectivity index (χ4n) is 3.28. The number of nitrogens with one attached hydrogen (secondary N) is 1. The molecule has 0 radical (unpaired) electrons. The van der Waals surface area contributed by atoms with Gasteiger partial charge in [-0.1, -0.05) is 18.2 Å². The average Bonchev–Trinajstić information content (AvgIpc) is 2.85. The molecule has 0 bridgehead atoms. The topological polar surface area (TPSA) is 107 Å². The zero-order valence-electron chi connectivity index (χ0n) is 19.8. The number of ether oxygens (including phenoxy) is 3. The molecular weight excluding hydrogens is 470 g/mol. The number of sulfonamides is 1. The maximum absolute atomic E-state index is 12.8. The van der Waals surface area contributed by atoms with E-state index in [9.17, 15) is 13.2 Å². The molecule has 0 aliphatic heterocycles. The molecule has 184 valence electrons. The maximum atomic E-state index is 12.8.